The third kappa shape index (κ3) is 5.11. The van der Waals surface area contributed by atoms with Crippen LogP contribution >= 0.6 is 0 Å². The zero-order chi connectivity index (χ0) is 21.0. The summed E-state index contributed by atoms with van der Waals surface area (Å²) < 4.78 is 106. The number of hydrazone groups is 1. The number of halogens is 8. The maximum absolute atomic E-state index is 13.1. The van der Waals surface area contributed by atoms with E-state index in [1.54, 1.807) is 0 Å². The molecule has 0 bridgehead atoms. The van der Waals surface area contributed by atoms with Crippen molar-refractivity contribution in [3.63, 3.8) is 0 Å². The van der Waals surface area contributed by atoms with Crippen LogP contribution in [-0.4, -0.2) is 24.4 Å². The van der Waals surface area contributed by atoms with Crippen LogP contribution in [0.3, 0.4) is 0 Å². The van der Waals surface area contributed by atoms with Crippen LogP contribution in [0.1, 0.15) is 11.1 Å². The van der Waals surface area contributed by atoms with Gasteiger partial charge in [0.05, 0.1) is 6.21 Å². The second-order valence-electron chi connectivity index (χ2n) is 5.50. The predicted octanol–water partition coefficient (Wildman–Crippen LogP) is 5.12. The molecule has 28 heavy (non-hydrogen) atoms. The van der Waals surface area contributed by atoms with E-state index < -0.39 is 24.0 Å². The second-order valence-corrected chi connectivity index (χ2v) is 5.50. The van der Waals surface area contributed by atoms with Gasteiger partial charge < -0.3 is 4.74 Å². The molecule has 0 fully saturated rings. The Hall–Kier alpha value is -2.85. The number of hydrogen-bond donors (Lipinski definition) is 1. The molecule has 2 aromatic carbocycles. The van der Waals surface area contributed by atoms with E-state index in [1.807, 2.05) is 0 Å². The summed E-state index contributed by atoms with van der Waals surface area (Å²) in [4.78, 5) is 0. The number of ether oxygens (including phenoxy) is 1. The minimum Gasteiger partial charge on any atom is -0.489 e. The van der Waals surface area contributed by atoms with Crippen molar-refractivity contribution in [2.24, 2.45) is 5.10 Å². The van der Waals surface area contributed by atoms with Crippen molar-refractivity contribution >= 4 is 6.21 Å². The van der Waals surface area contributed by atoms with E-state index in [0.717, 1.165) is 0 Å². The fourth-order valence-corrected chi connectivity index (χ4v) is 1.87. The Labute approximate surface area is 153 Å². The molecule has 3 nitrogen and oxygen atoms in total. The van der Waals surface area contributed by atoms with Gasteiger partial charge in [-0.3, -0.25) is 0 Å². The molecule has 152 valence electrons. The fourth-order valence-electron chi connectivity index (χ4n) is 1.87. The van der Waals surface area contributed by atoms with E-state index in [2.05, 4.69) is 5.10 Å². The molecule has 0 saturated heterocycles. The standard InChI is InChI=1S/C17H12F8N2O/c18-13-6-4-11(5-7-13)10-28-14-3-1-2-12(8-14)9-26-27-17(24,25)15(19,20)16(21,22)23/h1-9,27H,10H2/b26-9-. The second kappa shape index (κ2) is 8.03. The number of nitrogens with zero attached hydrogens (tertiary/aromatic N) is 1. The van der Waals surface area contributed by atoms with Crippen LogP contribution in [0.4, 0.5) is 35.1 Å². The van der Waals surface area contributed by atoms with Gasteiger partial charge in [-0.25, -0.2) is 9.82 Å². The molecule has 0 spiro atoms. The minimum atomic E-state index is -6.45. The average Bonchev–Trinajstić information content (AvgIpc) is 2.60. The average molecular weight is 412 g/mol. The van der Waals surface area contributed by atoms with E-state index in [1.165, 1.54) is 48.5 Å². The lowest BCUT2D eigenvalue weighted by molar-refractivity contribution is -0.361. The topological polar surface area (TPSA) is 33.6 Å². The van der Waals surface area contributed by atoms with Gasteiger partial charge >= 0.3 is 18.1 Å². The predicted molar refractivity (Wildman–Crippen MR) is 83.9 cm³/mol. The summed E-state index contributed by atoms with van der Waals surface area (Å²) in [5.74, 6) is -6.50. The summed E-state index contributed by atoms with van der Waals surface area (Å²) in [6.45, 7) is 0.0506. The van der Waals surface area contributed by atoms with Crippen LogP contribution in [0, 0.1) is 5.82 Å². The molecule has 0 atom stereocenters. The molecule has 0 saturated carbocycles. The molecule has 1 N–H and O–H groups in total. The Balaban J connectivity index is 2.01. The van der Waals surface area contributed by atoms with Crippen LogP contribution in [-0.2, 0) is 6.61 Å². The largest absolute Gasteiger partial charge is 0.489 e. The van der Waals surface area contributed by atoms with Gasteiger partial charge in [-0.05, 0) is 35.4 Å². The summed E-state index contributed by atoms with van der Waals surface area (Å²) in [5.41, 5.74) is 1.25. The zero-order valence-corrected chi connectivity index (χ0v) is 13.8. The van der Waals surface area contributed by atoms with E-state index >= 15 is 0 Å². The molecule has 0 radical (unpaired) electrons. The van der Waals surface area contributed by atoms with Crippen molar-refractivity contribution < 1.29 is 39.9 Å². The summed E-state index contributed by atoms with van der Waals surface area (Å²) >= 11 is 0. The van der Waals surface area contributed by atoms with E-state index in [-0.39, 0.29) is 17.9 Å². The Morgan fingerprint density at radius 3 is 2.18 bits per heavy atom. The molecule has 0 aliphatic carbocycles. The van der Waals surface area contributed by atoms with Gasteiger partial charge in [-0.15, -0.1) is 0 Å². The maximum Gasteiger partial charge on any atom is 0.462 e. The first-order chi connectivity index (χ1) is 12.9. The lowest BCUT2D eigenvalue weighted by Gasteiger charge is -2.27. The normalized spacial score (nSPS) is 13.0. The molecule has 0 unspecified atom stereocenters. The summed E-state index contributed by atoms with van der Waals surface area (Å²) in [6, 6.07) is 5.29. The highest BCUT2D eigenvalue weighted by Crippen LogP contribution is 2.44. The lowest BCUT2D eigenvalue weighted by Crippen LogP contribution is -2.58. The van der Waals surface area contributed by atoms with Gasteiger partial charge in [0.1, 0.15) is 18.2 Å². The van der Waals surface area contributed by atoms with Gasteiger partial charge in [0.25, 0.3) is 0 Å². The highest BCUT2D eigenvalue weighted by Gasteiger charge is 2.73. The SMILES string of the molecule is Fc1ccc(COc2cccc(/C=N\NC(F)(F)C(F)(F)C(F)(F)F)c2)cc1. The molecule has 11 heteroatoms. The van der Waals surface area contributed by atoms with Crippen LogP contribution in [0.25, 0.3) is 0 Å². The molecule has 0 amide bonds. The molecular weight excluding hydrogens is 400 g/mol. The first-order valence-electron chi connectivity index (χ1n) is 7.52. The number of nitrogens with one attached hydrogen (secondary N) is 1. The van der Waals surface area contributed by atoms with Crippen molar-refractivity contribution in [2.45, 2.75) is 24.8 Å². The van der Waals surface area contributed by atoms with Crippen LogP contribution < -0.4 is 10.2 Å². The molecule has 2 aromatic rings. The number of rotatable bonds is 7. The van der Waals surface area contributed by atoms with Crippen molar-refractivity contribution in [1.29, 1.82) is 0 Å². The van der Waals surface area contributed by atoms with Crippen molar-refractivity contribution in [3.8, 4) is 5.75 Å². The molecule has 2 rings (SSSR count). The van der Waals surface area contributed by atoms with Crippen LogP contribution in [0.15, 0.2) is 53.6 Å². The zero-order valence-electron chi connectivity index (χ0n) is 13.8. The minimum absolute atomic E-state index is 0.0506. The number of alkyl halides is 7. The Kier molecular flexibility index (Phi) is 6.15. The molecule has 0 aliphatic heterocycles. The highest BCUT2D eigenvalue weighted by atomic mass is 19.4. The summed E-state index contributed by atoms with van der Waals surface area (Å²) in [6.07, 6.45) is -5.82. The van der Waals surface area contributed by atoms with Crippen molar-refractivity contribution in [2.75, 3.05) is 0 Å². The van der Waals surface area contributed by atoms with Gasteiger partial charge in [0.15, 0.2) is 0 Å². The van der Waals surface area contributed by atoms with Gasteiger partial charge in [0.2, 0.25) is 0 Å². The van der Waals surface area contributed by atoms with Crippen molar-refractivity contribution in [1.82, 2.24) is 5.43 Å². The van der Waals surface area contributed by atoms with Gasteiger partial charge in [-0.1, -0.05) is 24.3 Å². The fraction of sp³-hybridized carbons (Fsp3) is 0.235. The van der Waals surface area contributed by atoms with Crippen molar-refractivity contribution in [3.05, 3.63) is 65.5 Å². The van der Waals surface area contributed by atoms with Crippen LogP contribution in [0.5, 0.6) is 5.75 Å². The Bertz CT molecular complexity index is 819. The van der Waals surface area contributed by atoms with E-state index in [4.69, 9.17) is 4.74 Å². The van der Waals surface area contributed by atoms with Gasteiger partial charge in [0, 0.05) is 0 Å². The lowest BCUT2D eigenvalue weighted by atomic mass is 10.2. The first kappa shape index (κ1) is 21.5. The summed E-state index contributed by atoms with van der Waals surface area (Å²) in [5, 5.41) is 2.76. The number of hydrogen-bond acceptors (Lipinski definition) is 3. The monoisotopic (exact) mass is 412 g/mol. The highest BCUT2D eigenvalue weighted by molar-refractivity contribution is 5.79. The molecular formula is C17H12F8N2O. The number of benzene rings is 2. The van der Waals surface area contributed by atoms with E-state index in [9.17, 15) is 35.1 Å². The third-order valence-corrected chi connectivity index (χ3v) is 3.35. The Morgan fingerprint density at radius 1 is 0.929 bits per heavy atom. The third-order valence-electron chi connectivity index (χ3n) is 3.35. The first-order valence-corrected chi connectivity index (χ1v) is 7.52. The van der Waals surface area contributed by atoms with E-state index in [0.29, 0.717) is 17.2 Å². The smallest absolute Gasteiger partial charge is 0.462 e. The molecule has 0 heterocycles. The Morgan fingerprint density at radius 2 is 1.57 bits per heavy atom. The summed E-state index contributed by atoms with van der Waals surface area (Å²) in [7, 11) is 0. The van der Waals surface area contributed by atoms with Crippen LogP contribution in [0.2, 0.25) is 0 Å². The molecule has 0 aliphatic rings. The van der Waals surface area contributed by atoms with Gasteiger partial charge in [-0.2, -0.15) is 35.8 Å². The molecule has 0 aromatic heterocycles. The quantitative estimate of drug-likeness (QED) is 0.297. The maximum atomic E-state index is 13.1.